The summed E-state index contributed by atoms with van der Waals surface area (Å²) < 4.78 is 0. The first-order chi connectivity index (χ1) is 8.04. The average Bonchev–Trinajstić information content (AvgIpc) is 2.75. The Morgan fingerprint density at radius 3 is 2.53 bits per heavy atom. The van der Waals surface area contributed by atoms with E-state index in [-0.39, 0.29) is 5.41 Å². The SMILES string of the molecule is CC(C)(C)CNc1n[nH]c(-c2ccccc2)n1. The lowest BCUT2D eigenvalue weighted by atomic mass is 9.97. The zero-order chi connectivity index (χ0) is 12.3. The van der Waals surface area contributed by atoms with Gasteiger partial charge in [0.05, 0.1) is 0 Å². The molecule has 0 aliphatic rings. The van der Waals surface area contributed by atoms with Gasteiger partial charge in [0.15, 0.2) is 5.82 Å². The zero-order valence-electron chi connectivity index (χ0n) is 10.5. The topological polar surface area (TPSA) is 53.6 Å². The molecule has 0 aliphatic heterocycles. The smallest absolute Gasteiger partial charge is 0.242 e. The molecule has 17 heavy (non-hydrogen) atoms. The van der Waals surface area contributed by atoms with E-state index < -0.39 is 0 Å². The van der Waals surface area contributed by atoms with Crippen LogP contribution in [0.3, 0.4) is 0 Å². The van der Waals surface area contributed by atoms with Crippen LogP contribution in [-0.4, -0.2) is 21.7 Å². The first-order valence-electron chi connectivity index (χ1n) is 5.76. The summed E-state index contributed by atoms with van der Waals surface area (Å²) in [4.78, 5) is 4.41. The Balaban J connectivity index is 2.07. The molecule has 1 heterocycles. The van der Waals surface area contributed by atoms with Crippen molar-refractivity contribution in [2.75, 3.05) is 11.9 Å². The van der Waals surface area contributed by atoms with E-state index >= 15 is 0 Å². The molecule has 0 saturated carbocycles. The van der Waals surface area contributed by atoms with Crippen molar-refractivity contribution in [1.29, 1.82) is 0 Å². The number of nitrogens with zero attached hydrogens (tertiary/aromatic N) is 2. The molecule has 1 aromatic carbocycles. The second kappa shape index (κ2) is 4.57. The van der Waals surface area contributed by atoms with Crippen molar-refractivity contribution in [1.82, 2.24) is 15.2 Å². The van der Waals surface area contributed by atoms with E-state index in [1.165, 1.54) is 0 Å². The molecule has 4 nitrogen and oxygen atoms in total. The summed E-state index contributed by atoms with van der Waals surface area (Å²) in [5.41, 5.74) is 1.26. The number of H-pyrrole nitrogens is 1. The van der Waals surface area contributed by atoms with Gasteiger partial charge in [-0.3, -0.25) is 5.10 Å². The van der Waals surface area contributed by atoms with E-state index in [9.17, 15) is 0 Å². The summed E-state index contributed by atoms with van der Waals surface area (Å²) in [6.45, 7) is 7.36. The number of aromatic amines is 1. The van der Waals surface area contributed by atoms with Gasteiger partial charge in [-0.15, -0.1) is 5.10 Å². The van der Waals surface area contributed by atoms with Crippen molar-refractivity contribution >= 4 is 5.95 Å². The van der Waals surface area contributed by atoms with Gasteiger partial charge in [0.2, 0.25) is 5.95 Å². The van der Waals surface area contributed by atoms with E-state index in [2.05, 4.69) is 41.3 Å². The molecule has 0 aliphatic carbocycles. The van der Waals surface area contributed by atoms with E-state index in [4.69, 9.17) is 0 Å². The number of rotatable bonds is 3. The van der Waals surface area contributed by atoms with Crippen LogP contribution in [0, 0.1) is 5.41 Å². The lowest BCUT2D eigenvalue weighted by Gasteiger charge is -2.17. The third kappa shape index (κ3) is 3.31. The van der Waals surface area contributed by atoms with Crippen LogP contribution in [0.15, 0.2) is 30.3 Å². The summed E-state index contributed by atoms with van der Waals surface area (Å²) in [7, 11) is 0. The second-order valence-corrected chi connectivity index (χ2v) is 5.29. The van der Waals surface area contributed by atoms with Crippen molar-refractivity contribution in [3.8, 4) is 11.4 Å². The fourth-order valence-electron chi connectivity index (χ4n) is 1.41. The summed E-state index contributed by atoms with van der Waals surface area (Å²) in [6, 6.07) is 9.97. The Labute approximate surface area is 101 Å². The van der Waals surface area contributed by atoms with E-state index in [1.54, 1.807) is 0 Å². The van der Waals surface area contributed by atoms with Gasteiger partial charge in [-0.1, -0.05) is 51.1 Å². The molecular weight excluding hydrogens is 212 g/mol. The van der Waals surface area contributed by atoms with Crippen molar-refractivity contribution < 1.29 is 0 Å². The maximum absolute atomic E-state index is 4.41. The Morgan fingerprint density at radius 2 is 1.88 bits per heavy atom. The maximum atomic E-state index is 4.41. The number of hydrogen-bond acceptors (Lipinski definition) is 3. The minimum atomic E-state index is 0.216. The van der Waals surface area contributed by atoms with Gasteiger partial charge < -0.3 is 5.32 Å². The molecule has 0 spiro atoms. The van der Waals surface area contributed by atoms with E-state index in [1.807, 2.05) is 30.3 Å². The highest BCUT2D eigenvalue weighted by atomic mass is 15.3. The normalized spacial score (nSPS) is 11.5. The average molecular weight is 230 g/mol. The van der Waals surface area contributed by atoms with Crippen LogP contribution >= 0.6 is 0 Å². The molecule has 2 aromatic rings. The molecule has 2 N–H and O–H groups in total. The number of hydrogen-bond donors (Lipinski definition) is 2. The van der Waals surface area contributed by atoms with Crippen molar-refractivity contribution in [2.45, 2.75) is 20.8 Å². The van der Waals surface area contributed by atoms with Crippen LogP contribution in [0.1, 0.15) is 20.8 Å². The van der Waals surface area contributed by atoms with Gasteiger partial charge in [0, 0.05) is 12.1 Å². The zero-order valence-corrected chi connectivity index (χ0v) is 10.5. The van der Waals surface area contributed by atoms with Crippen molar-refractivity contribution in [3.05, 3.63) is 30.3 Å². The largest absolute Gasteiger partial charge is 0.352 e. The molecule has 0 saturated heterocycles. The van der Waals surface area contributed by atoms with Gasteiger partial charge >= 0.3 is 0 Å². The van der Waals surface area contributed by atoms with Crippen LogP contribution < -0.4 is 5.32 Å². The predicted octanol–water partition coefficient (Wildman–Crippen LogP) is 2.93. The van der Waals surface area contributed by atoms with Crippen LogP contribution in [0.5, 0.6) is 0 Å². The minimum Gasteiger partial charge on any atom is -0.352 e. The predicted molar refractivity (Wildman–Crippen MR) is 69.8 cm³/mol. The molecule has 0 bridgehead atoms. The molecular formula is C13H18N4. The van der Waals surface area contributed by atoms with Crippen LogP contribution in [0.4, 0.5) is 5.95 Å². The maximum Gasteiger partial charge on any atom is 0.242 e. The fourth-order valence-corrected chi connectivity index (χ4v) is 1.41. The minimum absolute atomic E-state index is 0.216. The van der Waals surface area contributed by atoms with Crippen LogP contribution in [-0.2, 0) is 0 Å². The lowest BCUT2D eigenvalue weighted by Crippen LogP contribution is -2.19. The number of anilines is 1. The van der Waals surface area contributed by atoms with Gasteiger partial charge in [-0.05, 0) is 5.41 Å². The highest BCUT2D eigenvalue weighted by molar-refractivity contribution is 5.55. The molecule has 0 radical (unpaired) electrons. The Hall–Kier alpha value is -1.84. The van der Waals surface area contributed by atoms with E-state index in [0.29, 0.717) is 5.95 Å². The van der Waals surface area contributed by atoms with E-state index in [0.717, 1.165) is 17.9 Å². The Kier molecular flexibility index (Phi) is 3.13. The first kappa shape index (κ1) is 11.6. The number of benzene rings is 1. The van der Waals surface area contributed by atoms with Gasteiger partial charge in [0.25, 0.3) is 0 Å². The highest BCUT2D eigenvalue weighted by Gasteiger charge is 2.11. The van der Waals surface area contributed by atoms with Crippen LogP contribution in [0.25, 0.3) is 11.4 Å². The summed E-state index contributed by atoms with van der Waals surface area (Å²) in [6.07, 6.45) is 0. The fraction of sp³-hybridized carbons (Fsp3) is 0.385. The third-order valence-electron chi connectivity index (χ3n) is 2.31. The molecule has 0 unspecified atom stereocenters. The monoisotopic (exact) mass is 230 g/mol. The molecule has 0 atom stereocenters. The second-order valence-electron chi connectivity index (χ2n) is 5.29. The van der Waals surface area contributed by atoms with Crippen molar-refractivity contribution in [3.63, 3.8) is 0 Å². The summed E-state index contributed by atoms with van der Waals surface area (Å²) in [5.74, 6) is 1.45. The number of nitrogens with one attached hydrogen (secondary N) is 2. The van der Waals surface area contributed by atoms with Crippen LogP contribution in [0.2, 0.25) is 0 Å². The molecule has 0 fully saturated rings. The number of aromatic nitrogens is 3. The van der Waals surface area contributed by atoms with Gasteiger partial charge in [0.1, 0.15) is 0 Å². The molecule has 90 valence electrons. The molecule has 4 heteroatoms. The standard InChI is InChI=1S/C13H18N4/c1-13(2,3)9-14-12-15-11(16-17-12)10-7-5-4-6-8-10/h4-8H,9H2,1-3H3,(H2,14,15,16,17). The molecule has 1 aromatic heterocycles. The first-order valence-corrected chi connectivity index (χ1v) is 5.76. The Bertz CT molecular complexity index is 468. The Morgan fingerprint density at radius 1 is 1.18 bits per heavy atom. The van der Waals surface area contributed by atoms with Crippen molar-refractivity contribution in [2.24, 2.45) is 5.41 Å². The van der Waals surface area contributed by atoms with Gasteiger partial charge in [-0.25, -0.2) is 0 Å². The quantitative estimate of drug-likeness (QED) is 0.852. The highest BCUT2D eigenvalue weighted by Crippen LogP contribution is 2.17. The summed E-state index contributed by atoms with van der Waals surface area (Å²) in [5, 5.41) is 10.3. The lowest BCUT2D eigenvalue weighted by molar-refractivity contribution is 0.442. The molecule has 0 amide bonds. The third-order valence-corrected chi connectivity index (χ3v) is 2.31. The molecule has 2 rings (SSSR count). The van der Waals surface area contributed by atoms with Gasteiger partial charge in [-0.2, -0.15) is 4.98 Å². The summed E-state index contributed by atoms with van der Waals surface area (Å²) >= 11 is 0.